The average molecular weight is 438 g/mol. The quantitative estimate of drug-likeness (QED) is 0.426. The van der Waals surface area contributed by atoms with Crippen molar-refractivity contribution in [2.75, 3.05) is 26.0 Å². The summed E-state index contributed by atoms with van der Waals surface area (Å²) >= 11 is 0. The molecule has 2 bridgehead atoms. The van der Waals surface area contributed by atoms with Gasteiger partial charge in [-0.1, -0.05) is 48.5 Å². The van der Waals surface area contributed by atoms with Crippen molar-refractivity contribution in [3.05, 3.63) is 66.2 Å². The molecule has 32 heavy (non-hydrogen) atoms. The molecule has 5 atom stereocenters. The lowest BCUT2D eigenvalue weighted by Gasteiger charge is -2.45. The van der Waals surface area contributed by atoms with E-state index in [4.69, 9.17) is 14.2 Å². The zero-order valence-corrected chi connectivity index (χ0v) is 18.3. The standard InChI is InChI=1S/C25H28N2O5/c1-27(2)20-13-18(14-21(27)23-22(20)32-23)31-24(28)19(16-9-5-3-6-10-16)15-30-25(29)26-17-11-7-4-8-12-17/h3-12,18-23H,13-15H2,1-2H3/p+1. The number of carbonyl (C=O) groups excluding carboxylic acids is 2. The molecule has 2 aromatic carbocycles. The van der Waals surface area contributed by atoms with Crippen LogP contribution in [-0.2, 0) is 19.0 Å². The number of benzene rings is 2. The molecule has 0 saturated carbocycles. The van der Waals surface area contributed by atoms with Gasteiger partial charge in [0.15, 0.2) is 0 Å². The van der Waals surface area contributed by atoms with Gasteiger partial charge in [-0.05, 0) is 17.7 Å². The second kappa shape index (κ2) is 8.22. The second-order valence-electron chi connectivity index (χ2n) is 9.41. The van der Waals surface area contributed by atoms with E-state index in [1.54, 1.807) is 12.1 Å². The summed E-state index contributed by atoms with van der Waals surface area (Å²) in [6, 6.07) is 19.1. The van der Waals surface area contributed by atoms with Crippen LogP contribution in [0.4, 0.5) is 10.5 Å². The van der Waals surface area contributed by atoms with Crippen LogP contribution in [0.5, 0.6) is 0 Å². The van der Waals surface area contributed by atoms with Gasteiger partial charge in [0.1, 0.15) is 42.9 Å². The van der Waals surface area contributed by atoms with Crippen molar-refractivity contribution >= 4 is 17.7 Å². The Bertz CT molecular complexity index is 960. The molecule has 3 heterocycles. The third-order valence-electron chi connectivity index (χ3n) is 7.21. The smallest absolute Gasteiger partial charge is 0.411 e. The first-order chi connectivity index (χ1) is 15.4. The number of ether oxygens (including phenoxy) is 3. The molecule has 1 N–H and O–H groups in total. The molecule has 0 aromatic heterocycles. The normalized spacial score (nSPS) is 30.0. The number of carbonyl (C=O) groups is 2. The predicted octanol–water partition coefficient (Wildman–Crippen LogP) is 3.32. The van der Waals surface area contributed by atoms with E-state index in [-0.39, 0.29) is 18.7 Å². The van der Waals surface area contributed by atoms with Gasteiger partial charge in [0.05, 0.1) is 14.1 Å². The fourth-order valence-electron chi connectivity index (χ4n) is 5.37. The number of likely N-dealkylation sites (N-methyl/N-ethyl adjacent to an activating group) is 1. The minimum absolute atomic E-state index is 0.0863. The summed E-state index contributed by atoms with van der Waals surface area (Å²) in [7, 11) is 4.49. The Hall–Kier alpha value is -2.90. The third kappa shape index (κ3) is 3.98. The number of morpholine rings is 1. The summed E-state index contributed by atoms with van der Waals surface area (Å²) < 4.78 is 18.2. The molecule has 0 aliphatic carbocycles. The lowest BCUT2D eigenvalue weighted by atomic mass is 9.95. The highest BCUT2D eigenvalue weighted by atomic mass is 16.6. The Kier molecular flexibility index (Phi) is 5.39. The molecule has 7 heteroatoms. The lowest BCUT2D eigenvalue weighted by Crippen LogP contribution is -2.60. The number of hydrogen-bond donors (Lipinski definition) is 1. The first-order valence-corrected chi connectivity index (χ1v) is 11.2. The zero-order valence-electron chi connectivity index (χ0n) is 18.3. The molecule has 0 radical (unpaired) electrons. The predicted molar refractivity (Wildman–Crippen MR) is 118 cm³/mol. The summed E-state index contributed by atoms with van der Waals surface area (Å²) in [5.41, 5.74) is 1.40. The minimum atomic E-state index is -0.675. The Labute approximate surface area is 187 Å². The van der Waals surface area contributed by atoms with Crippen LogP contribution in [0.2, 0.25) is 0 Å². The maximum atomic E-state index is 13.2. The summed E-state index contributed by atoms with van der Waals surface area (Å²) in [4.78, 5) is 25.5. The van der Waals surface area contributed by atoms with Crippen molar-refractivity contribution in [2.45, 2.75) is 49.2 Å². The van der Waals surface area contributed by atoms with E-state index in [0.717, 1.165) is 22.9 Å². The largest absolute Gasteiger partial charge is 0.461 e. The van der Waals surface area contributed by atoms with E-state index in [2.05, 4.69) is 19.4 Å². The Balaban J connectivity index is 1.23. The maximum absolute atomic E-state index is 13.2. The number of epoxide rings is 1. The molecule has 1 amide bonds. The highest BCUT2D eigenvalue weighted by Crippen LogP contribution is 2.51. The summed E-state index contributed by atoms with van der Waals surface area (Å²) in [6.07, 6.45) is 1.46. The maximum Gasteiger partial charge on any atom is 0.411 e. The number of amides is 1. The molecule has 5 unspecified atom stereocenters. The SMILES string of the molecule is C[N+]1(C)C2CC(OC(=O)C(COC(=O)Nc3ccccc3)c3ccccc3)CC1C1OC12. The molecule has 7 nitrogen and oxygen atoms in total. The van der Waals surface area contributed by atoms with Crippen LogP contribution in [-0.4, -0.2) is 67.6 Å². The molecular weight excluding hydrogens is 408 g/mol. The molecule has 3 fully saturated rings. The molecule has 5 rings (SSSR count). The molecular formula is C25H29N2O5+. The zero-order chi connectivity index (χ0) is 22.3. The van der Waals surface area contributed by atoms with Crippen LogP contribution >= 0.6 is 0 Å². The Morgan fingerprint density at radius 2 is 1.59 bits per heavy atom. The summed E-state index contributed by atoms with van der Waals surface area (Å²) in [5.74, 6) is -1.03. The van der Waals surface area contributed by atoms with Gasteiger partial charge in [0.25, 0.3) is 0 Å². The minimum Gasteiger partial charge on any atom is -0.461 e. The number of nitrogens with one attached hydrogen (secondary N) is 1. The number of para-hydroxylation sites is 1. The van der Waals surface area contributed by atoms with E-state index in [1.165, 1.54) is 0 Å². The Morgan fingerprint density at radius 1 is 1.00 bits per heavy atom. The van der Waals surface area contributed by atoms with Crippen molar-refractivity contribution in [3.63, 3.8) is 0 Å². The highest BCUT2D eigenvalue weighted by Gasteiger charge is 2.70. The van der Waals surface area contributed by atoms with Gasteiger partial charge in [-0.15, -0.1) is 0 Å². The summed E-state index contributed by atoms with van der Waals surface area (Å²) in [5, 5.41) is 2.68. The van der Waals surface area contributed by atoms with Crippen molar-refractivity contribution in [3.8, 4) is 0 Å². The van der Waals surface area contributed by atoms with E-state index < -0.39 is 12.0 Å². The van der Waals surface area contributed by atoms with Crippen molar-refractivity contribution in [2.24, 2.45) is 0 Å². The Morgan fingerprint density at radius 3 is 2.22 bits per heavy atom. The molecule has 0 spiro atoms. The van der Waals surface area contributed by atoms with Gasteiger partial charge in [0, 0.05) is 18.5 Å². The van der Waals surface area contributed by atoms with Crippen LogP contribution in [0, 0.1) is 0 Å². The number of rotatable bonds is 6. The molecule has 3 aliphatic heterocycles. The monoisotopic (exact) mass is 437 g/mol. The van der Waals surface area contributed by atoms with Gasteiger partial charge >= 0.3 is 12.1 Å². The van der Waals surface area contributed by atoms with E-state index in [1.807, 2.05) is 48.5 Å². The number of fused-ring (bicyclic) bond motifs is 5. The fourth-order valence-corrected chi connectivity index (χ4v) is 5.37. The first kappa shape index (κ1) is 21.0. The van der Waals surface area contributed by atoms with Crippen LogP contribution in [0.1, 0.15) is 24.3 Å². The van der Waals surface area contributed by atoms with E-state index >= 15 is 0 Å². The molecule has 3 saturated heterocycles. The van der Waals surface area contributed by atoms with Gasteiger partial charge in [-0.2, -0.15) is 0 Å². The fraction of sp³-hybridized carbons (Fsp3) is 0.440. The van der Waals surface area contributed by atoms with Gasteiger partial charge in [-0.25, -0.2) is 4.79 Å². The van der Waals surface area contributed by atoms with Crippen LogP contribution < -0.4 is 5.32 Å². The number of anilines is 1. The lowest BCUT2D eigenvalue weighted by molar-refractivity contribution is -0.938. The van der Waals surface area contributed by atoms with E-state index in [9.17, 15) is 9.59 Å². The van der Waals surface area contributed by atoms with Crippen molar-refractivity contribution < 1.29 is 28.3 Å². The van der Waals surface area contributed by atoms with Gasteiger partial charge in [0.2, 0.25) is 0 Å². The third-order valence-corrected chi connectivity index (χ3v) is 7.21. The molecule has 3 aliphatic rings. The topological polar surface area (TPSA) is 77.2 Å². The average Bonchev–Trinajstić information content (AvgIpc) is 3.54. The highest BCUT2D eigenvalue weighted by molar-refractivity contribution is 5.85. The summed E-state index contributed by atoms with van der Waals surface area (Å²) in [6.45, 7) is -0.0863. The van der Waals surface area contributed by atoms with Gasteiger partial charge in [-0.3, -0.25) is 10.1 Å². The first-order valence-electron chi connectivity index (χ1n) is 11.2. The van der Waals surface area contributed by atoms with Crippen molar-refractivity contribution in [1.29, 1.82) is 0 Å². The number of nitrogens with zero attached hydrogens (tertiary/aromatic N) is 1. The van der Waals surface area contributed by atoms with Crippen LogP contribution in [0.25, 0.3) is 0 Å². The number of piperidine rings is 1. The molecule has 2 aromatic rings. The van der Waals surface area contributed by atoms with Crippen LogP contribution in [0.3, 0.4) is 0 Å². The second-order valence-corrected chi connectivity index (χ2v) is 9.41. The molecule has 168 valence electrons. The number of quaternary nitrogens is 1. The van der Waals surface area contributed by atoms with E-state index in [0.29, 0.717) is 30.0 Å². The number of hydrogen-bond acceptors (Lipinski definition) is 5. The van der Waals surface area contributed by atoms with Gasteiger partial charge < -0.3 is 18.7 Å². The number of esters is 1. The van der Waals surface area contributed by atoms with Crippen LogP contribution in [0.15, 0.2) is 60.7 Å². The van der Waals surface area contributed by atoms with Crippen molar-refractivity contribution in [1.82, 2.24) is 0 Å².